The number of hydrogen-bond acceptors (Lipinski definition) is 2. The maximum atomic E-state index is 6.76. The minimum atomic E-state index is -0.275. The van der Waals surface area contributed by atoms with Gasteiger partial charge in [-0.3, -0.25) is 4.98 Å². The fourth-order valence-electron chi connectivity index (χ4n) is 6.68. The van der Waals surface area contributed by atoms with Gasteiger partial charge >= 0.3 is 7.05 Å². The van der Waals surface area contributed by atoms with Crippen molar-refractivity contribution in [1.82, 2.24) is 9.46 Å². The van der Waals surface area contributed by atoms with Gasteiger partial charge in [-0.1, -0.05) is 75.9 Å². The van der Waals surface area contributed by atoms with E-state index in [4.69, 9.17) is 9.64 Å². The maximum Gasteiger partial charge on any atom is 0.507 e. The summed E-state index contributed by atoms with van der Waals surface area (Å²) in [6.07, 6.45) is 0. The fourth-order valence-corrected chi connectivity index (χ4v) is 6.68. The zero-order valence-electron chi connectivity index (χ0n) is 22.8. The second-order valence-electron chi connectivity index (χ2n) is 12.3. The molecular weight excluding hydrogens is 619 g/mol. The third-order valence-electron chi connectivity index (χ3n) is 9.80. The molecule has 0 bridgehead atoms. The Kier molecular flexibility index (Phi) is 5.50. The average molecular weight is 654 g/mol. The molecule has 1 aliphatic heterocycles. The molecule has 187 valence electrons. The van der Waals surface area contributed by atoms with E-state index >= 15 is 0 Å². The summed E-state index contributed by atoms with van der Waals surface area (Å²) in [5.74, 6) is 1.78. The van der Waals surface area contributed by atoms with Crippen molar-refractivity contribution in [1.29, 1.82) is 0 Å². The van der Waals surface area contributed by atoms with Crippen molar-refractivity contribution in [2.45, 2.75) is 73.1 Å². The predicted molar refractivity (Wildman–Crippen MR) is 146 cm³/mol. The molecule has 3 nitrogen and oxygen atoms in total. The minimum Gasteiger partial charge on any atom is -0.586 e. The molecule has 0 fully saturated rings. The first-order valence-corrected chi connectivity index (χ1v) is 12.7. The molecule has 0 saturated heterocycles. The molecule has 1 aromatic heterocycles. The largest absolute Gasteiger partial charge is 0.586 e. The summed E-state index contributed by atoms with van der Waals surface area (Å²) in [6.45, 7) is 20.9. The molecule has 0 N–H and O–H groups in total. The molecule has 1 radical (unpaired) electrons. The molecule has 3 aromatic carbocycles. The number of aromatic nitrogens is 2. The van der Waals surface area contributed by atoms with E-state index in [9.17, 15) is 0 Å². The van der Waals surface area contributed by atoms with Crippen molar-refractivity contribution >= 4 is 23.5 Å². The molecule has 0 saturated carbocycles. The molecule has 0 atom stereocenters. The van der Waals surface area contributed by atoms with Gasteiger partial charge in [0.15, 0.2) is 0 Å². The molecule has 0 spiro atoms. The SMILES string of the molecule is Cc1cc(C)c(B2Oc3ccc[c-]c3-c3nc4cc5c(cc4n32)C(C)(C)C(C)(C)C5(C)C)c(C)c1.[Ir]. The Hall–Kier alpha value is -2.36. The zero-order chi connectivity index (χ0) is 25.1. The Morgan fingerprint density at radius 1 is 0.889 bits per heavy atom. The van der Waals surface area contributed by atoms with Crippen LogP contribution >= 0.6 is 0 Å². The van der Waals surface area contributed by atoms with E-state index in [0.717, 1.165) is 28.2 Å². The van der Waals surface area contributed by atoms with E-state index < -0.39 is 0 Å². The van der Waals surface area contributed by atoms with E-state index in [-0.39, 0.29) is 43.4 Å². The van der Waals surface area contributed by atoms with Crippen LogP contribution in [0.5, 0.6) is 5.75 Å². The van der Waals surface area contributed by atoms with Gasteiger partial charge in [-0.15, -0.1) is 24.3 Å². The van der Waals surface area contributed by atoms with Gasteiger partial charge in [-0.25, -0.2) is 0 Å². The summed E-state index contributed by atoms with van der Waals surface area (Å²) in [5.41, 5.74) is 11.1. The zero-order valence-corrected chi connectivity index (χ0v) is 25.1. The van der Waals surface area contributed by atoms with Crippen LogP contribution in [0.4, 0.5) is 0 Å². The number of benzene rings is 3. The second kappa shape index (κ2) is 7.82. The molecular formula is C31H34BIrN2O-. The van der Waals surface area contributed by atoms with Gasteiger partial charge in [0.1, 0.15) is 0 Å². The number of rotatable bonds is 1. The summed E-state index contributed by atoms with van der Waals surface area (Å²) in [5, 5.41) is 0. The summed E-state index contributed by atoms with van der Waals surface area (Å²) >= 11 is 0. The Bertz CT molecular complexity index is 1520. The molecule has 36 heavy (non-hydrogen) atoms. The van der Waals surface area contributed by atoms with Gasteiger partial charge in [0.2, 0.25) is 0 Å². The Labute approximate surface area is 229 Å². The first-order valence-electron chi connectivity index (χ1n) is 12.7. The van der Waals surface area contributed by atoms with Crippen LogP contribution in [0.25, 0.3) is 22.4 Å². The monoisotopic (exact) mass is 654 g/mol. The van der Waals surface area contributed by atoms with Gasteiger partial charge in [-0.05, 0) is 65.7 Å². The molecule has 5 heteroatoms. The third-order valence-corrected chi connectivity index (χ3v) is 9.80. The number of nitrogens with zero attached hydrogens (tertiary/aromatic N) is 2. The number of imidazole rings is 1. The van der Waals surface area contributed by atoms with Crippen LogP contribution in [0, 0.1) is 32.3 Å². The van der Waals surface area contributed by atoms with Crippen molar-refractivity contribution in [3.05, 3.63) is 76.3 Å². The van der Waals surface area contributed by atoms with E-state index in [0.29, 0.717) is 0 Å². The average Bonchev–Trinajstić information content (AvgIpc) is 3.20. The molecule has 0 unspecified atom stereocenters. The minimum absolute atomic E-state index is 0. The number of hydrogen-bond donors (Lipinski definition) is 0. The molecule has 4 aromatic rings. The van der Waals surface area contributed by atoms with Crippen LogP contribution in [0.3, 0.4) is 0 Å². The van der Waals surface area contributed by atoms with E-state index in [1.54, 1.807) is 0 Å². The van der Waals surface area contributed by atoms with Crippen LogP contribution in [0.1, 0.15) is 69.4 Å². The smallest absolute Gasteiger partial charge is 0.507 e. The molecule has 1 aliphatic carbocycles. The van der Waals surface area contributed by atoms with Crippen molar-refractivity contribution < 1.29 is 24.8 Å². The summed E-state index contributed by atoms with van der Waals surface area (Å²) in [7, 11) is -0.275. The van der Waals surface area contributed by atoms with Gasteiger partial charge in [0.25, 0.3) is 0 Å². The third kappa shape index (κ3) is 3.05. The van der Waals surface area contributed by atoms with Crippen molar-refractivity contribution in [2.24, 2.45) is 5.41 Å². The summed E-state index contributed by atoms with van der Waals surface area (Å²) in [4.78, 5) is 5.24. The predicted octanol–water partition coefficient (Wildman–Crippen LogP) is 6.66. The van der Waals surface area contributed by atoms with Crippen molar-refractivity contribution in [3.63, 3.8) is 0 Å². The molecule has 2 aliphatic rings. The van der Waals surface area contributed by atoms with Crippen molar-refractivity contribution in [3.8, 4) is 17.1 Å². The van der Waals surface area contributed by atoms with Gasteiger partial charge in [0.05, 0.1) is 16.9 Å². The van der Waals surface area contributed by atoms with Gasteiger partial charge < -0.3 is 9.13 Å². The molecule has 2 heterocycles. The summed E-state index contributed by atoms with van der Waals surface area (Å²) < 4.78 is 9.07. The second-order valence-corrected chi connectivity index (χ2v) is 12.3. The molecule has 0 amide bonds. The van der Waals surface area contributed by atoms with Crippen LogP contribution in [0.2, 0.25) is 0 Å². The van der Waals surface area contributed by atoms with Crippen LogP contribution in [-0.4, -0.2) is 16.5 Å². The summed E-state index contributed by atoms with van der Waals surface area (Å²) in [6, 6.07) is 18.6. The van der Waals surface area contributed by atoms with Crippen LogP contribution in [-0.2, 0) is 30.9 Å². The first-order chi connectivity index (χ1) is 16.4. The maximum absolute atomic E-state index is 6.76. The number of fused-ring (bicyclic) bond motifs is 6. The van der Waals surface area contributed by atoms with Crippen LogP contribution in [0.15, 0.2) is 42.5 Å². The van der Waals surface area contributed by atoms with Crippen molar-refractivity contribution in [2.75, 3.05) is 0 Å². The van der Waals surface area contributed by atoms with E-state index in [1.165, 1.54) is 33.3 Å². The van der Waals surface area contributed by atoms with E-state index in [2.05, 4.69) is 97.1 Å². The Morgan fingerprint density at radius 3 is 2.14 bits per heavy atom. The molecule has 6 rings (SSSR count). The van der Waals surface area contributed by atoms with Crippen LogP contribution < -0.4 is 10.1 Å². The topological polar surface area (TPSA) is 27.1 Å². The standard InChI is InChI=1S/C31H34BN2O.Ir/c1-18-14-19(2)27(20(3)15-18)32-34-25-17-23-22(29(4,5)31(8,9)30(23,6)7)16-24(25)33-28(34)21-12-10-11-13-26(21)35-32;/h10-11,13-17H,1-9H3;/q-1;. The Balaban J connectivity index is 0.00000267. The van der Waals surface area contributed by atoms with E-state index in [1.807, 2.05) is 18.2 Å². The van der Waals surface area contributed by atoms with Gasteiger partial charge in [0, 0.05) is 25.9 Å². The first kappa shape index (κ1) is 25.3. The number of aryl methyl sites for hydroxylation is 3. The normalized spacial score (nSPS) is 18.2. The van der Waals surface area contributed by atoms with Gasteiger partial charge in [-0.2, -0.15) is 0 Å². The fraction of sp³-hybridized carbons (Fsp3) is 0.387. The quantitative estimate of drug-likeness (QED) is 0.170. The Morgan fingerprint density at radius 2 is 1.50 bits per heavy atom.